The molecule has 1 heterocycles. The van der Waals surface area contributed by atoms with Crippen molar-refractivity contribution in [2.75, 3.05) is 6.61 Å². The molecule has 0 aromatic heterocycles. The molecule has 0 saturated heterocycles. The van der Waals surface area contributed by atoms with Crippen LogP contribution in [0, 0.1) is 13.8 Å². The fourth-order valence-corrected chi connectivity index (χ4v) is 2.94. The molecule has 20 heavy (non-hydrogen) atoms. The largest absolute Gasteiger partial charge is 0.493 e. The summed E-state index contributed by atoms with van der Waals surface area (Å²) in [6.07, 6.45) is 0.334. The first-order chi connectivity index (χ1) is 9.56. The van der Waals surface area contributed by atoms with Crippen LogP contribution in [0.4, 0.5) is 0 Å². The first-order valence-corrected chi connectivity index (χ1v) is 7.56. The highest BCUT2D eigenvalue weighted by Gasteiger charge is 2.17. The SMILES string of the molecule is Cc1cc(C(O)c2ccc3c(c2)CCO3)cc(C)c1Br. The van der Waals surface area contributed by atoms with Crippen molar-refractivity contribution < 1.29 is 9.84 Å². The lowest BCUT2D eigenvalue weighted by atomic mass is 9.96. The van der Waals surface area contributed by atoms with Gasteiger partial charge in [0.2, 0.25) is 0 Å². The first-order valence-electron chi connectivity index (χ1n) is 6.76. The first kappa shape index (κ1) is 13.7. The molecule has 104 valence electrons. The van der Waals surface area contributed by atoms with Crippen LogP contribution in [0.15, 0.2) is 34.8 Å². The zero-order valence-corrected chi connectivity index (χ0v) is 13.2. The van der Waals surface area contributed by atoms with Gasteiger partial charge in [0.05, 0.1) is 6.61 Å². The van der Waals surface area contributed by atoms with Gasteiger partial charge in [-0.25, -0.2) is 0 Å². The number of fused-ring (bicyclic) bond motifs is 1. The third kappa shape index (κ3) is 2.36. The molecule has 0 radical (unpaired) electrons. The summed E-state index contributed by atoms with van der Waals surface area (Å²) in [5, 5.41) is 10.6. The average molecular weight is 333 g/mol. The van der Waals surface area contributed by atoms with E-state index in [-0.39, 0.29) is 0 Å². The highest BCUT2D eigenvalue weighted by Crippen LogP contribution is 2.32. The van der Waals surface area contributed by atoms with Crippen molar-refractivity contribution in [1.29, 1.82) is 0 Å². The second kappa shape index (κ2) is 5.23. The molecule has 3 heteroatoms. The predicted molar refractivity (Wildman–Crippen MR) is 83.3 cm³/mol. The smallest absolute Gasteiger partial charge is 0.122 e. The number of ether oxygens (including phenoxy) is 1. The molecule has 2 nitrogen and oxygen atoms in total. The zero-order valence-electron chi connectivity index (χ0n) is 11.6. The summed E-state index contributed by atoms with van der Waals surface area (Å²) in [4.78, 5) is 0. The van der Waals surface area contributed by atoms with Crippen molar-refractivity contribution in [2.24, 2.45) is 0 Å². The number of hydrogen-bond acceptors (Lipinski definition) is 2. The average Bonchev–Trinajstić information content (AvgIpc) is 2.90. The molecule has 0 spiro atoms. The van der Waals surface area contributed by atoms with Crippen LogP contribution in [0.1, 0.15) is 33.9 Å². The van der Waals surface area contributed by atoms with Crippen LogP contribution in [0.25, 0.3) is 0 Å². The Balaban J connectivity index is 1.98. The van der Waals surface area contributed by atoms with Gasteiger partial charge in [-0.05, 0) is 53.8 Å². The molecule has 0 amide bonds. The summed E-state index contributed by atoms with van der Waals surface area (Å²) in [5.74, 6) is 0.948. The van der Waals surface area contributed by atoms with Crippen molar-refractivity contribution in [2.45, 2.75) is 26.4 Å². The van der Waals surface area contributed by atoms with Gasteiger partial charge < -0.3 is 9.84 Å². The molecule has 2 aromatic rings. The van der Waals surface area contributed by atoms with Crippen molar-refractivity contribution in [3.63, 3.8) is 0 Å². The Labute approximate surface area is 127 Å². The Morgan fingerprint density at radius 1 is 1.10 bits per heavy atom. The van der Waals surface area contributed by atoms with Gasteiger partial charge in [-0.15, -0.1) is 0 Å². The van der Waals surface area contributed by atoms with E-state index in [9.17, 15) is 5.11 Å². The Kier molecular flexibility index (Phi) is 3.57. The standard InChI is InChI=1S/C17H17BrO2/c1-10-7-14(8-11(2)16(10)18)17(19)13-3-4-15-12(9-13)5-6-20-15/h3-4,7-9,17,19H,5-6H2,1-2H3. The molecule has 3 rings (SSSR count). The lowest BCUT2D eigenvalue weighted by Crippen LogP contribution is -2.01. The van der Waals surface area contributed by atoms with Crippen molar-refractivity contribution >= 4 is 15.9 Å². The monoisotopic (exact) mass is 332 g/mol. The van der Waals surface area contributed by atoms with E-state index >= 15 is 0 Å². The van der Waals surface area contributed by atoms with Gasteiger partial charge in [-0.3, -0.25) is 0 Å². The normalized spacial score (nSPS) is 14.8. The van der Waals surface area contributed by atoms with Crippen LogP contribution in [-0.4, -0.2) is 11.7 Å². The van der Waals surface area contributed by atoms with E-state index in [1.807, 2.05) is 38.1 Å². The summed E-state index contributed by atoms with van der Waals surface area (Å²) < 4.78 is 6.61. The Morgan fingerprint density at radius 2 is 1.80 bits per heavy atom. The Bertz CT molecular complexity index is 641. The van der Waals surface area contributed by atoms with Crippen LogP contribution in [-0.2, 0) is 6.42 Å². The summed E-state index contributed by atoms with van der Waals surface area (Å²) in [6.45, 7) is 4.83. The van der Waals surface area contributed by atoms with E-state index in [2.05, 4.69) is 22.0 Å². The van der Waals surface area contributed by atoms with Crippen LogP contribution in [0.2, 0.25) is 0 Å². The maximum atomic E-state index is 10.6. The number of aliphatic hydroxyl groups excluding tert-OH is 1. The summed E-state index contributed by atoms with van der Waals surface area (Å²) in [5.41, 5.74) is 5.33. The molecule has 1 atom stereocenters. The van der Waals surface area contributed by atoms with Gasteiger partial charge in [-0.1, -0.05) is 34.1 Å². The topological polar surface area (TPSA) is 29.5 Å². The van der Waals surface area contributed by atoms with E-state index in [4.69, 9.17) is 4.74 Å². The molecule has 0 saturated carbocycles. The van der Waals surface area contributed by atoms with Crippen LogP contribution in [0.5, 0.6) is 5.75 Å². The molecule has 1 unspecified atom stereocenters. The maximum absolute atomic E-state index is 10.6. The molecule has 0 fully saturated rings. The van der Waals surface area contributed by atoms with Crippen molar-refractivity contribution in [3.8, 4) is 5.75 Å². The molecule has 0 aliphatic carbocycles. The van der Waals surface area contributed by atoms with Gasteiger partial charge in [-0.2, -0.15) is 0 Å². The summed E-state index contributed by atoms with van der Waals surface area (Å²) in [6, 6.07) is 10.0. The number of aliphatic hydroxyl groups is 1. The summed E-state index contributed by atoms with van der Waals surface area (Å²) >= 11 is 3.56. The molecule has 1 aliphatic heterocycles. The third-order valence-electron chi connectivity index (χ3n) is 3.80. The Morgan fingerprint density at radius 3 is 2.50 bits per heavy atom. The minimum absolute atomic E-state index is 0.591. The molecule has 2 aromatic carbocycles. The van der Waals surface area contributed by atoms with Gasteiger partial charge in [0.25, 0.3) is 0 Å². The van der Waals surface area contributed by atoms with E-state index < -0.39 is 6.10 Å². The Hall–Kier alpha value is -1.32. The highest BCUT2D eigenvalue weighted by atomic mass is 79.9. The number of benzene rings is 2. The quantitative estimate of drug-likeness (QED) is 0.897. The molecular formula is C17H17BrO2. The van der Waals surface area contributed by atoms with E-state index in [0.717, 1.165) is 45.5 Å². The predicted octanol–water partition coefficient (Wildman–Crippen LogP) is 4.08. The second-order valence-corrected chi connectivity index (χ2v) is 6.13. The molecule has 0 bridgehead atoms. The van der Waals surface area contributed by atoms with Gasteiger partial charge >= 0.3 is 0 Å². The number of hydrogen-bond donors (Lipinski definition) is 1. The van der Waals surface area contributed by atoms with Crippen LogP contribution in [0.3, 0.4) is 0 Å². The van der Waals surface area contributed by atoms with Crippen molar-refractivity contribution in [1.82, 2.24) is 0 Å². The molecule has 1 aliphatic rings. The molecule has 1 N–H and O–H groups in total. The summed E-state index contributed by atoms with van der Waals surface area (Å²) in [7, 11) is 0. The lowest BCUT2D eigenvalue weighted by molar-refractivity contribution is 0.220. The number of rotatable bonds is 2. The second-order valence-electron chi connectivity index (χ2n) is 5.34. The lowest BCUT2D eigenvalue weighted by Gasteiger charge is -2.15. The number of halogens is 1. The minimum Gasteiger partial charge on any atom is -0.493 e. The highest BCUT2D eigenvalue weighted by molar-refractivity contribution is 9.10. The van der Waals surface area contributed by atoms with E-state index in [1.54, 1.807) is 0 Å². The zero-order chi connectivity index (χ0) is 14.3. The fraction of sp³-hybridized carbons (Fsp3) is 0.294. The number of aryl methyl sites for hydroxylation is 2. The van der Waals surface area contributed by atoms with Gasteiger partial charge in [0, 0.05) is 10.9 Å². The minimum atomic E-state index is -0.591. The third-order valence-corrected chi connectivity index (χ3v) is 5.05. The maximum Gasteiger partial charge on any atom is 0.122 e. The van der Waals surface area contributed by atoms with E-state index in [1.165, 1.54) is 5.56 Å². The fourth-order valence-electron chi connectivity index (χ4n) is 2.71. The van der Waals surface area contributed by atoms with Crippen LogP contribution >= 0.6 is 15.9 Å². The van der Waals surface area contributed by atoms with Gasteiger partial charge in [0.1, 0.15) is 11.9 Å². The van der Waals surface area contributed by atoms with Crippen LogP contribution < -0.4 is 4.74 Å². The van der Waals surface area contributed by atoms with E-state index in [0.29, 0.717) is 0 Å². The van der Waals surface area contributed by atoms with Crippen molar-refractivity contribution in [3.05, 3.63) is 62.6 Å². The molecular weight excluding hydrogens is 316 g/mol. The van der Waals surface area contributed by atoms with Gasteiger partial charge in [0.15, 0.2) is 0 Å².